The van der Waals surface area contributed by atoms with Crippen molar-refractivity contribution in [3.8, 4) is 10.6 Å². The fraction of sp³-hybridized carbons (Fsp3) is 0.480. The predicted molar refractivity (Wildman–Crippen MR) is 147 cm³/mol. The molecule has 1 amide bonds. The van der Waals surface area contributed by atoms with Gasteiger partial charge in [0.1, 0.15) is 11.5 Å². The summed E-state index contributed by atoms with van der Waals surface area (Å²) in [7, 11) is 0. The van der Waals surface area contributed by atoms with Gasteiger partial charge in [0, 0.05) is 36.4 Å². The lowest BCUT2D eigenvalue weighted by Crippen LogP contribution is -2.36. The van der Waals surface area contributed by atoms with Crippen LogP contribution < -0.4 is 10.2 Å². The molecular formula is C25H29ClN6O3S2. The zero-order valence-corrected chi connectivity index (χ0v) is 23.1. The average molecular weight is 561 g/mol. The van der Waals surface area contributed by atoms with Crippen molar-refractivity contribution < 1.29 is 14.7 Å². The molecule has 0 saturated carbocycles. The molecule has 0 unspecified atom stereocenters. The molecule has 2 saturated heterocycles. The molecular weight excluding hydrogens is 532 g/mol. The van der Waals surface area contributed by atoms with E-state index in [1.165, 1.54) is 17.5 Å². The van der Waals surface area contributed by atoms with Crippen LogP contribution in [0.2, 0.25) is 5.02 Å². The number of anilines is 2. The number of thiophene rings is 1. The number of hydrogen-bond donors (Lipinski definition) is 2. The van der Waals surface area contributed by atoms with Crippen molar-refractivity contribution in [3.63, 3.8) is 0 Å². The minimum atomic E-state index is -0.752. The molecule has 3 aromatic heterocycles. The van der Waals surface area contributed by atoms with E-state index in [4.69, 9.17) is 16.6 Å². The quantitative estimate of drug-likeness (QED) is 0.410. The molecule has 0 spiro atoms. The van der Waals surface area contributed by atoms with Crippen molar-refractivity contribution in [2.75, 3.05) is 36.4 Å². The lowest BCUT2D eigenvalue weighted by atomic mass is 9.93. The molecule has 2 fully saturated rings. The molecule has 0 radical (unpaired) electrons. The zero-order valence-electron chi connectivity index (χ0n) is 20.7. The van der Waals surface area contributed by atoms with Crippen molar-refractivity contribution in [2.24, 2.45) is 11.3 Å². The Morgan fingerprint density at radius 2 is 2.00 bits per heavy atom. The van der Waals surface area contributed by atoms with E-state index < -0.39 is 5.97 Å². The highest BCUT2D eigenvalue weighted by Crippen LogP contribution is 2.38. The van der Waals surface area contributed by atoms with E-state index in [1.54, 1.807) is 17.5 Å². The maximum atomic E-state index is 13.0. The average Bonchev–Trinajstić information content (AvgIpc) is 3.57. The SMILES string of the molecule is CC1(C)CCN(Cc2sc(NC(=O)c3cnc(N4CCC(C(=O)O)CC4)cn3)nc2-c2cc(Cl)cs2)C1. The molecule has 0 aliphatic carbocycles. The largest absolute Gasteiger partial charge is 0.481 e. The van der Waals surface area contributed by atoms with E-state index in [0.29, 0.717) is 47.3 Å². The Labute approximate surface area is 228 Å². The molecule has 2 aliphatic heterocycles. The maximum Gasteiger partial charge on any atom is 0.306 e. The van der Waals surface area contributed by atoms with E-state index in [9.17, 15) is 14.7 Å². The van der Waals surface area contributed by atoms with Gasteiger partial charge in [-0.25, -0.2) is 15.0 Å². The zero-order chi connectivity index (χ0) is 26.2. The molecule has 0 aromatic carbocycles. The molecule has 2 aliphatic rings. The van der Waals surface area contributed by atoms with Gasteiger partial charge in [0.05, 0.1) is 33.9 Å². The molecule has 2 N–H and O–H groups in total. The number of aromatic nitrogens is 3. The highest BCUT2D eigenvalue weighted by atomic mass is 35.5. The van der Waals surface area contributed by atoms with Gasteiger partial charge in [0.15, 0.2) is 5.13 Å². The van der Waals surface area contributed by atoms with Crippen molar-refractivity contribution in [1.29, 1.82) is 0 Å². The second kappa shape index (κ2) is 10.6. The molecule has 5 heterocycles. The van der Waals surface area contributed by atoms with Crippen LogP contribution in [0.1, 0.15) is 48.5 Å². The van der Waals surface area contributed by atoms with Gasteiger partial charge in [-0.2, -0.15) is 0 Å². The molecule has 0 atom stereocenters. The lowest BCUT2D eigenvalue weighted by Gasteiger charge is -2.30. The number of carbonyl (C=O) groups is 2. The summed E-state index contributed by atoms with van der Waals surface area (Å²) in [6.07, 6.45) is 5.31. The Bertz CT molecular complexity index is 1280. The number of rotatable bonds is 7. The summed E-state index contributed by atoms with van der Waals surface area (Å²) < 4.78 is 0. The van der Waals surface area contributed by atoms with Crippen LogP contribution in [0, 0.1) is 11.3 Å². The van der Waals surface area contributed by atoms with E-state index in [1.807, 2.05) is 16.3 Å². The summed E-state index contributed by atoms with van der Waals surface area (Å²) >= 11 is 9.21. The van der Waals surface area contributed by atoms with Gasteiger partial charge in [-0.05, 0) is 37.3 Å². The molecule has 9 nitrogen and oxygen atoms in total. The third-order valence-corrected chi connectivity index (χ3v) is 9.12. The number of hydrogen-bond acceptors (Lipinski definition) is 9. The van der Waals surface area contributed by atoms with Crippen LogP contribution in [0.15, 0.2) is 23.8 Å². The molecule has 5 rings (SSSR count). The highest BCUT2D eigenvalue weighted by Gasteiger charge is 2.30. The maximum absolute atomic E-state index is 13.0. The number of nitrogens with zero attached hydrogens (tertiary/aromatic N) is 5. The second-order valence-corrected chi connectivity index (χ2v) is 12.8. The number of nitrogens with one attached hydrogen (secondary N) is 1. The normalized spacial score (nSPS) is 18.3. The molecule has 3 aromatic rings. The van der Waals surface area contributed by atoms with Gasteiger partial charge in [-0.15, -0.1) is 11.3 Å². The number of amides is 1. The minimum Gasteiger partial charge on any atom is -0.481 e. The van der Waals surface area contributed by atoms with Crippen LogP contribution in [-0.2, 0) is 11.3 Å². The lowest BCUT2D eigenvalue weighted by molar-refractivity contribution is -0.142. The first kappa shape index (κ1) is 26.0. The van der Waals surface area contributed by atoms with Gasteiger partial charge in [-0.1, -0.05) is 36.8 Å². The smallest absolute Gasteiger partial charge is 0.306 e. The summed E-state index contributed by atoms with van der Waals surface area (Å²) in [4.78, 5) is 44.1. The fourth-order valence-corrected chi connectivity index (χ4v) is 6.99. The topological polar surface area (TPSA) is 112 Å². The summed E-state index contributed by atoms with van der Waals surface area (Å²) in [6, 6.07) is 1.91. The first-order valence-corrected chi connectivity index (χ1v) is 14.3. The summed E-state index contributed by atoms with van der Waals surface area (Å²) in [5.41, 5.74) is 1.35. The number of aliphatic carboxylic acids is 1. The number of carbonyl (C=O) groups excluding carboxylic acids is 1. The van der Waals surface area contributed by atoms with Crippen molar-refractivity contribution >= 4 is 57.1 Å². The van der Waals surface area contributed by atoms with Crippen LogP contribution in [0.25, 0.3) is 10.6 Å². The summed E-state index contributed by atoms with van der Waals surface area (Å²) in [5, 5.41) is 15.2. The first-order chi connectivity index (χ1) is 17.7. The number of likely N-dealkylation sites (tertiary alicyclic amines) is 1. The third-order valence-electron chi connectivity index (χ3n) is 6.88. The molecule has 37 heavy (non-hydrogen) atoms. The van der Waals surface area contributed by atoms with E-state index in [2.05, 4.69) is 34.0 Å². The minimum absolute atomic E-state index is 0.197. The van der Waals surface area contributed by atoms with Gasteiger partial charge in [-0.3, -0.25) is 19.8 Å². The van der Waals surface area contributed by atoms with Crippen molar-refractivity contribution in [3.05, 3.63) is 39.4 Å². The Hall–Kier alpha value is -2.60. The van der Waals surface area contributed by atoms with Crippen LogP contribution in [0.5, 0.6) is 0 Å². The van der Waals surface area contributed by atoms with Crippen LogP contribution in [-0.4, -0.2) is 63.0 Å². The van der Waals surface area contributed by atoms with Gasteiger partial charge in [0.25, 0.3) is 5.91 Å². The number of carboxylic acid groups (broad SMARTS) is 1. The van der Waals surface area contributed by atoms with Gasteiger partial charge >= 0.3 is 5.97 Å². The molecule has 12 heteroatoms. The Morgan fingerprint density at radius 3 is 2.59 bits per heavy atom. The number of piperidine rings is 1. The van der Waals surface area contributed by atoms with Crippen LogP contribution in [0.4, 0.5) is 10.9 Å². The van der Waals surface area contributed by atoms with Crippen molar-refractivity contribution in [1.82, 2.24) is 19.9 Å². The van der Waals surface area contributed by atoms with Gasteiger partial charge < -0.3 is 10.0 Å². The monoisotopic (exact) mass is 560 g/mol. The van der Waals surface area contributed by atoms with Crippen molar-refractivity contribution in [2.45, 2.75) is 39.7 Å². The fourth-order valence-electron chi connectivity index (χ4n) is 4.82. The van der Waals surface area contributed by atoms with E-state index >= 15 is 0 Å². The first-order valence-electron chi connectivity index (χ1n) is 12.2. The number of carboxylic acids is 1. The summed E-state index contributed by atoms with van der Waals surface area (Å²) in [5.74, 6) is -0.800. The van der Waals surface area contributed by atoms with E-state index in [-0.39, 0.29) is 17.5 Å². The predicted octanol–water partition coefficient (Wildman–Crippen LogP) is 5.10. The number of thiazole rings is 1. The Morgan fingerprint density at radius 1 is 1.22 bits per heavy atom. The van der Waals surface area contributed by atoms with Gasteiger partial charge in [0.2, 0.25) is 0 Å². The standard InChI is InChI=1S/C25H29ClN6O3S2/c1-25(2)5-8-31(14-25)12-19-21(18-9-16(26)13-36-18)29-24(37-19)30-22(33)17-10-28-20(11-27-17)32-6-3-15(4-7-32)23(34)35/h9-11,13,15H,3-8,12,14H2,1-2H3,(H,34,35)(H,29,30,33). The molecule has 0 bridgehead atoms. The van der Waals surface area contributed by atoms with E-state index in [0.717, 1.165) is 41.5 Å². The molecule has 196 valence electrons. The third kappa shape index (κ3) is 6.11. The highest BCUT2D eigenvalue weighted by molar-refractivity contribution is 7.17. The number of halogens is 1. The Kier molecular flexibility index (Phi) is 7.49. The summed E-state index contributed by atoms with van der Waals surface area (Å²) in [6.45, 7) is 8.60. The van der Waals surface area contributed by atoms with Crippen LogP contribution >= 0.6 is 34.3 Å². The second-order valence-electron chi connectivity index (χ2n) is 10.4. The van der Waals surface area contributed by atoms with Crippen LogP contribution in [0.3, 0.4) is 0 Å². The Balaban J connectivity index is 1.28.